The highest BCUT2D eigenvalue weighted by atomic mass is 35.5. The van der Waals surface area contributed by atoms with E-state index in [-0.39, 0.29) is 10.2 Å². The molecule has 0 amide bonds. The molecular weight excluding hydrogens is 354 g/mol. The second-order valence-corrected chi connectivity index (χ2v) is 8.76. The molecule has 0 bridgehead atoms. The minimum atomic E-state index is -3.75. The van der Waals surface area contributed by atoms with Crippen molar-refractivity contribution in [1.82, 2.24) is 9.55 Å². The average Bonchev–Trinajstić information content (AvgIpc) is 3.06. The number of hydrogen-bond acceptors (Lipinski definition) is 4. The molecular formula is C15H16ClN3O2S2. The standard InChI is InChI=1S/C15H16ClN3O2S2/c16-13-14(19-8-9-22-15(19)17-13)23(20,21)18-12-7-3-5-10-4-1-2-6-11(10)12/h3,5,7,18H,1-2,4,6,8-9H2. The predicted octanol–water partition coefficient (Wildman–Crippen LogP) is 3.32. The molecule has 1 aromatic carbocycles. The number of nitrogens with one attached hydrogen (secondary N) is 1. The summed E-state index contributed by atoms with van der Waals surface area (Å²) in [6.45, 7) is 0.614. The second kappa shape index (κ2) is 5.72. The lowest BCUT2D eigenvalue weighted by molar-refractivity contribution is 0.577. The van der Waals surface area contributed by atoms with E-state index in [0.717, 1.165) is 37.0 Å². The largest absolute Gasteiger partial charge is 0.306 e. The van der Waals surface area contributed by atoms with Crippen LogP contribution in [0, 0.1) is 0 Å². The molecule has 1 aliphatic heterocycles. The third-order valence-corrected chi connectivity index (χ3v) is 7.03. The molecule has 4 rings (SSSR count). The van der Waals surface area contributed by atoms with Crippen LogP contribution in [-0.2, 0) is 29.4 Å². The molecule has 0 saturated heterocycles. The summed E-state index contributed by atoms with van der Waals surface area (Å²) < 4.78 is 30.1. The maximum Gasteiger partial charge on any atom is 0.280 e. The molecule has 2 aliphatic rings. The van der Waals surface area contributed by atoms with Gasteiger partial charge in [-0.15, -0.1) is 0 Å². The van der Waals surface area contributed by atoms with Gasteiger partial charge in [-0.25, -0.2) is 4.98 Å². The Labute approximate surface area is 144 Å². The lowest BCUT2D eigenvalue weighted by atomic mass is 9.91. The van der Waals surface area contributed by atoms with Crippen LogP contribution in [0.25, 0.3) is 0 Å². The van der Waals surface area contributed by atoms with Crippen molar-refractivity contribution in [3.63, 3.8) is 0 Å². The molecule has 2 heterocycles. The van der Waals surface area contributed by atoms with Crippen molar-refractivity contribution < 1.29 is 8.42 Å². The van der Waals surface area contributed by atoms with E-state index in [9.17, 15) is 8.42 Å². The van der Waals surface area contributed by atoms with Crippen LogP contribution in [0.5, 0.6) is 0 Å². The minimum Gasteiger partial charge on any atom is -0.306 e. The molecule has 1 aliphatic carbocycles. The SMILES string of the molecule is O=S(=O)(Nc1cccc2c1CCCC2)c1c(Cl)nc2n1CCS2. The summed E-state index contributed by atoms with van der Waals surface area (Å²) in [5, 5.41) is 0.794. The molecule has 5 nitrogen and oxygen atoms in total. The molecule has 0 fully saturated rings. The number of fused-ring (bicyclic) bond motifs is 2. The molecule has 122 valence electrons. The van der Waals surface area contributed by atoms with E-state index in [0.29, 0.717) is 17.4 Å². The zero-order chi connectivity index (χ0) is 16.0. The predicted molar refractivity (Wildman–Crippen MR) is 91.9 cm³/mol. The number of nitrogens with zero attached hydrogens (tertiary/aromatic N) is 2. The van der Waals surface area contributed by atoms with Gasteiger partial charge in [-0.2, -0.15) is 8.42 Å². The highest BCUT2D eigenvalue weighted by molar-refractivity contribution is 7.99. The summed E-state index contributed by atoms with van der Waals surface area (Å²) in [5.41, 5.74) is 3.00. The average molecular weight is 370 g/mol. The summed E-state index contributed by atoms with van der Waals surface area (Å²) in [5.74, 6) is 0.822. The Balaban J connectivity index is 1.74. The first-order valence-corrected chi connectivity index (χ1v) is 10.4. The van der Waals surface area contributed by atoms with Crippen molar-refractivity contribution in [3.8, 4) is 0 Å². The number of hydrogen-bond donors (Lipinski definition) is 1. The number of aromatic nitrogens is 2. The number of rotatable bonds is 3. The molecule has 0 unspecified atom stereocenters. The van der Waals surface area contributed by atoms with Gasteiger partial charge in [-0.1, -0.05) is 35.5 Å². The highest BCUT2D eigenvalue weighted by Crippen LogP contribution is 2.35. The molecule has 0 spiro atoms. The molecule has 1 N–H and O–H groups in total. The fourth-order valence-electron chi connectivity index (χ4n) is 3.25. The summed E-state index contributed by atoms with van der Waals surface area (Å²) in [6, 6.07) is 5.80. The van der Waals surface area contributed by atoms with Crippen LogP contribution in [0.1, 0.15) is 24.0 Å². The van der Waals surface area contributed by atoms with Crippen LogP contribution in [0.4, 0.5) is 5.69 Å². The van der Waals surface area contributed by atoms with E-state index in [1.807, 2.05) is 12.1 Å². The Bertz CT molecular complexity index is 877. The molecule has 0 saturated carbocycles. The summed E-state index contributed by atoms with van der Waals surface area (Å²) in [7, 11) is -3.75. The Morgan fingerprint density at radius 2 is 2.09 bits per heavy atom. The van der Waals surface area contributed by atoms with E-state index >= 15 is 0 Å². The highest BCUT2D eigenvalue weighted by Gasteiger charge is 2.30. The van der Waals surface area contributed by atoms with Crippen LogP contribution in [0.15, 0.2) is 28.4 Å². The molecule has 1 aromatic heterocycles. The molecule has 8 heteroatoms. The third-order valence-electron chi connectivity index (χ3n) is 4.29. The zero-order valence-corrected chi connectivity index (χ0v) is 14.8. The van der Waals surface area contributed by atoms with E-state index < -0.39 is 10.0 Å². The van der Waals surface area contributed by atoms with Gasteiger partial charge >= 0.3 is 0 Å². The molecule has 2 aromatic rings. The molecule has 0 radical (unpaired) electrons. The van der Waals surface area contributed by atoms with Gasteiger partial charge in [0.15, 0.2) is 15.3 Å². The van der Waals surface area contributed by atoms with Gasteiger partial charge in [0.05, 0.1) is 5.69 Å². The first-order chi connectivity index (χ1) is 11.1. The third kappa shape index (κ3) is 2.64. The number of halogens is 1. The van der Waals surface area contributed by atoms with Gasteiger partial charge in [0.25, 0.3) is 10.0 Å². The Hall–Kier alpha value is -1.18. The van der Waals surface area contributed by atoms with Crippen LogP contribution >= 0.6 is 23.4 Å². The topological polar surface area (TPSA) is 64.0 Å². The van der Waals surface area contributed by atoms with Crippen LogP contribution in [0.2, 0.25) is 5.15 Å². The van der Waals surface area contributed by atoms with Gasteiger partial charge in [-0.05, 0) is 42.9 Å². The van der Waals surface area contributed by atoms with E-state index in [1.54, 1.807) is 4.57 Å². The van der Waals surface area contributed by atoms with Gasteiger partial charge < -0.3 is 4.57 Å². The van der Waals surface area contributed by atoms with E-state index in [4.69, 9.17) is 11.6 Å². The van der Waals surface area contributed by atoms with Gasteiger partial charge in [-0.3, -0.25) is 4.72 Å². The lowest BCUT2D eigenvalue weighted by Crippen LogP contribution is -2.19. The van der Waals surface area contributed by atoms with Crippen molar-refractivity contribution in [2.24, 2.45) is 0 Å². The number of benzene rings is 1. The lowest BCUT2D eigenvalue weighted by Gasteiger charge is -2.20. The summed E-state index contributed by atoms with van der Waals surface area (Å²) in [4.78, 5) is 4.16. The van der Waals surface area contributed by atoms with E-state index in [2.05, 4.69) is 15.8 Å². The first kappa shape index (κ1) is 15.4. The first-order valence-electron chi connectivity index (χ1n) is 7.59. The second-order valence-electron chi connectivity index (χ2n) is 5.75. The Morgan fingerprint density at radius 1 is 1.26 bits per heavy atom. The van der Waals surface area contributed by atoms with Gasteiger partial charge in [0.1, 0.15) is 0 Å². The molecule has 0 atom stereocenters. The van der Waals surface area contributed by atoms with Crippen molar-refractivity contribution in [1.29, 1.82) is 0 Å². The molecule has 23 heavy (non-hydrogen) atoms. The Morgan fingerprint density at radius 3 is 2.96 bits per heavy atom. The smallest absolute Gasteiger partial charge is 0.280 e. The van der Waals surface area contributed by atoms with Crippen LogP contribution in [0.3, 0.4) is 0 Å². The van der Waals surface area contributed by atoms with Crippen LogP contribution < -0.4 is 4.72 Å². The van der Waals surface area contributed by atoms with E-state index in [1.165, 1.54) is 17.3 Å². The quantitative estimate of drug-likeness (QED) is 0.901. The number of thioether (sulfide) groups is 1. The van der Waals surface area contributed by atoms with Gasteiger partial charge in [0.2, 0.25) is 0 Å². The number of sulfonamides is 1. The van der Waals surface area contributed by atoms with Gasteiger partial charge in [0, 0.05) is 12.3 Å². The summed E-state index contributed by atoms with van der Waals surface area (Å²) in [6.07, 6.45) is 4.15. The normalized spacial score (nSPS) is 16.9. The van der Waals surface area contributed by atoms with Crippen molar-refractivity contribution in [2.75, 3.05) is 10.5 Å². The Kier molecular flexibility index (Phi) is 3.82. The summed E-state index contributed by atoms with van der Waals surface area (Å²) >= 11 is 7.62. The maximum atomic E-state index is 12.9. The van der Waals surface area contributed by atoms with Crippen molar-refractivity contribution in [3.05, 3.63) is 34.5 Å². The zero-order valence-electron chi connectivity index (χ0n) is 12.4. The number of imidazole rings is 1. The monoisotopic (exact) mass is 369 g/mol. The fraction of sp³-hybridized carbons (Fsp3) is 0.400. The van der Waals surface area contributed by atoms with Crippen LogP contribution in [-0.4, -0.2) is 23.7 Å². The van der Waals surface area contributed by atoms with Crippen molar-refractivity contribution in [2.45, 2.75) is 42.4 Å². The van der Waals surface area contributed by atoms with Crippen molar-refractivity contribution >= 4 is 39.1 Å². The number of aryl methyl sites for hydroxylation is 1. The minimum absolute atomic E-state index is 0.0458. The number of anilines is 1. The maximum absolute atomic E-state index is 12.9. The fourth-order valence-corrected chi connectivity index (χ4v) is 6.11.